The molecule has 0 spiro atoms. The molecule has 1 aromatic rings. The quantitative estimate of drug-likeness (QED) is 0.122. The molecule has 190 valence electrons. The normalized spacial score (nSPS) is 17.0. The number of hydrogen-bond acceptors (Lipinski definition) is 8. The van der Waals surface area contributed by atoms with Gasteiger partial charge < -0.3 is 15.4 Å². The van der Waals surface area contributed by atoms with Crippen LogP contribution >= 0.6 is 0 Å². The highest BCUT2D eigenvalue weighted by molar-refractivity contribution is 6.14. The first kappa shape index (κ1) is 26.2. The highest BCUT2D eigenvalue weighted by Crippen LogP contribution is 2.30. The zero-order valence-corrected chi connectivity index (χ0v) is 19.3. The second-order valence-electron chi connectivity index (χ2n) is 8.08. The Hall–Kier alpha value is -4.45. The molecule has 36 heavy (non-hydrogen) atoms. The van der Waals surface area contributed by atoms with Crippen LogP contribution < -0.4 is 20.7 Å². The highest BCUT2D eigenvalue weighted by atomic mass is 16.5. The first-order valence-corrected chi connectivity index (χ1v) is 11.3. The van der Waals surface area contributed by atoms with Crippen LogP contribution in [0, 0.1) is 0 Å². The summed E-state index contributed by atoms with van der Waals surface area (Å²) in [5.74, 6) is -2.94. The summed E-state index contributed by atoms with van der Waals surface area (Å²) in [5, 5.41) is 10.6. The van der Waals surface area contributed by atoms with Crippen LogP contribution in [0.25, 0.3) is 10.4 Å². The van der Waals surface area contributed by atoms with Gasteiger partial charge in [-0.25, -0.2) is 0 Å². The van der Waals surface area contributed by atoms with Crippen LogP contribution in [-0.4, -0.2) is 72.6 Å². The molecular formula is C22H25N7O7. The van der Waals surface area contributed by atoms with Gasteiger partial charge in [-0.15, -0.1) is 0 Å². The number of rotatable bonds is 11. The topological polar surface area (TPSA) is 200 Å². The molecular weight excluding hydrogens is 474 g/mol. The number of ether oxygens (including phenoxy) is 1. The van der Waals surface area contributed by atoms with E-state index in [0.29, 0.717) is 31.5 Å². The Kier molecular flexibility index (Phi) is 8.95. The Balaban J connectivity index is 1.49. The lowest BCUT2D eigenvalue weighted by Crippen LogP contribution is -2.58. The molecule has 14 heteroatoms. The molecule has 1 atom stereocenters. The van der Waals surface area contributed by atoms with E-state index >= 15 is 0 Å². The summed E-state index contributed by atoms with van der Waals surface area (Å²) >= 11 is 0. The van der Waals surface area contributed by atoms with Crippen LogP contribution in [0.4, 0.5) is 0 Å². The van der Waals surface area contributed by atoms with Gasteiger partial charge in [-0.1, -0.05) is 11.2 Å². The molecule has 0 radical (unpaired) electrons. The zero-order valence-electron chi connectivity index (χ0n) is 19.3. The van der Waals surface area contributed by atoms with E-state index in [-0.39, 0.29) is 49.6 Å². The van der Waals surface area contributed by atoms with Crippen molar-refractivity contribution in [1.82, 2.24) is 20.9 Å². The van der Waals surface area contributed by atoms with Gasteiger partial charge >= 0.3 is 0 Å². The number of benzene rings is 1. The maximum absolute atomic E-state index is 13.0. The van der Waals surface area contributed by atoms with Crippen molar-refractivity contribution in [2.45, 2.75) is 38.1 Å². The van der Waals surface area contributed by atoms with Crippen LogP contribution in [0.1, 0.15) is 41.6 Å². The van der Waals surface area contributed by atoms with E-state index in [4.69, 9.17) is 10.3 Å². The molecule has 14 nitrogen and oxygen atoms in total. The first-order chi connectivity index (χ1) is 17.3. The third kappa shape index (κ3) is 6.57. The Morgan fingerprint density at radius 2 is 1.86 bits per heavy atom. The van der Waals surface area contributed by atoms with E-state index in [9.17, 15) is 28.8 Å². The van der Waals surface area contributed by atoms with Gasteiger partial charge in [0, 0.05) is 35.5 Å². The third-order valence-electron chi connectivity index (χ3n) is 5.58. The molecule has 2 heterocycles. The minimum absolute atomic E-state index is 0.0324. The van der Waals surface area contributed by atoms with Gasteiger partial charge in [0.2, 0.25) is 23.6 Å². The summed E-state index contributed by atoms with van der Waals surface area (Å²) in [4.78, 5) is 76.2. The fourth-order valence-electron chi connectivity index (χ4n) is 3.86. The van der Waals surface area contributed by atoms with Gasteiger partial charge in [0.25, 0.3) is 11.8 Å². The predicted octanol–water partition coefficient (Wildman–Crippen LogP) is -0.282. The highest BCUT2D eigenvalue weighted by Gasteiger charge is 2.42. The summed E-state index contributed by atoms with van der Waals surface area (Å²) in [6.45, 7) is 0.123. The molecule has 2 aliphatic heterocycles. The van der Waals surface area contributed by atoms with E-state index in [0.717, 1.165) is 4.90 Å². The molecule has 1 saturated heterocycles. The molecule has 0 aliphatic carbocycles. The number of hydrogen-bond donors (Lipinski definition) is 3. The van der Waals surface area contributed by atoms with Crippen molar-refractivity contribution >= 4 is 35.4 Å². The monoisotopic (exact) mass is 499 g/mol. The minimum Gasteiger partial charge on any atom is -0.483 e. The lowest BCUT2D eigenvalue weighted by Gasteiger charge is -2.34. The van der Waals surface area contributed by atoms with Gasteiger partial charge in [-0.2, -0.15) is 0 Å². The number of nitrogens with zero attached hydrogens (tertiary/aromatic N) is 4. The zero-order chi connectivity index (χ0) is 26.1. The summed E-state index contributed by atoms with van der Waals surface area (Å²) in [5.41, 5.74) is 8.68. The van der Waals surface area contributed by atoms with Crippen molar-refractivity contribution in [3.63, 3.8) is 0 Å². The van der Waals surface area contributed by atoms with Crippen molar-refractivity contribution in [2.24, 2.45) is 5.11 Å². The number of azide groups is 1. The van der Waals surface area contributed by atoms with Gasteiger partial charge in [0.1, 0.15) is 18.3 Å². The fourth-order valence-corrected chi connectivity index (χ4v) is 3.86. The SMILES string of the molecule is [N-]=[N+]=NCC(=O)NCCCCNC(=O)COc1cccc2c1CC(=O)N(C1CCC(=O)NC1=O)C2=O. The van der Waals surface area contributed by atoms with Crippen molar-refractivity contribution in [1.29, 1.82) is 0 Å². The first-order valence-electron chi connectivity index (χ1n) is 11.3. The number of nitrogens with one attached hydrogen (secondary N) is 3. The van der Waals surface area contributed by atoms with Gasteiger partial charge in [0.05, 0.1) is 6.42 Å². The molecule has 3 rings (SSSR count). The van der Waals surface area contributed by atoms with Crippen molar-refractivity contribution < 1.29 is 33.5 Å². The Labute approximate surface area is 205 Å². The molecule has 0 saturated carbocycles. The van der Waals surface area contributed by atoms with Crippen LogP contribution in [0.3, 0.4) is 0 Å². The number of fused-ring (bicyclic) bond motifs is 1. The van der Waals surface area contributed by atoms with Gasteiger partial charge in [-0.05, 0) is 36.9 Å². The van der Waals surface area contributed by atoms with Gasteiger partial charge in [-0.3, -0.25) is 39.0 Å². The number of piperidine rings is 1. The van der Waals surface area contributed by atoms with Crippen LogP contribution in [0.2, 0.25) is 0 Å². The van der Waals surface area contributed by atoms with Crippen LogP contribution in [-0.2, 0) is 30.4 Å². The smallest absolute Gasteiger partial charge is 0.261 e. The molecule has 1 fully saturated rings. The molecule has 1 unspecified atom stereocenters. The summed E-state index contributed by atoms with van der Waals surface area (Å²) < 4.78 is 5.57. The average Bonchev–Trinajstić information content (AvgIpc) is 2.84. The fraction of sp³-hybridized carbons (Fsp3) is 0.455. The van der Waals surface area contributed by atoms with E-state index < -0.39 is 35.6 Å². The van der Waals surface area contributed by atoms with E-state index in [1.54, 1.807) is 12.1 Å². The van der Waals surface area contributed by atoms with Crippen molar-refractivity contribution in [2.75, 3.05) is 26.2 Å². The second kappa shape index (κ2) is 12.3. The van der Waals surface area contributed by atoms with E-state index in [1.807, 2.05) is 0 Å². The number of unbranched alkanes of at least 4 members (excludes halogenated alkanes) is 1. The largest absolute Gasteiger partial charge is 0.483 e. The lowest BCUT2D eigenvalue weighted by molar-refractivity contribution is -0.143. The van der Waals surface area contributed by atoms with Crippen molar-refractivity contribution in [3.05, 3.63) is 39.8 Å². The molecule has 3 N–H and O–H groups in total. The number of amides is 6. The minimum atomic E-state index is -1.05. The maximum Gasteiger partial charge on any atom is 0.261 e. The standard InChI is InChI=1S/C22H25N7O7/c23-28-26-11-18(31)24-8-1-2-9-25-19(32)12-36-16-5-3-4-13-14(16)10-20(33)29(22(13)35)15-6-7-17(30)27-21(15)34/h3-5,15H,1-2,6-12H2,(H,24,31)(H,25,32)(H,27,30,34). The van der Waals surface area contributed by atoms with Crippen LogP contribution in [0.5, 0.6) is 5.75 Å². The van der Waals surface area contributed by atoms with Crippen LogP contribution in [0.15, 0.2) is 23.3 Å². The second-order valence-corrected chi connectivity index (χ2v) is 8.08. The molecule has 0 bridgehead atoms. The van der Waals surface area contributed by atoms with Crippen molar-refractivity contribution in [3.8, 4) is 5.75 Å². The maximum atomic E-state index is 13.0. The predicted molar refractivity (Wildman–Crippen MR) is 122 cm³/mol. The Bertz CT molecular complexity index is 1130. The molecule has 6 amide bonds. The summed E-state index contributed by atoms with van der Waals surface area (Å²) in [7, 11) is 0. The Morgan fingerprint density at radius 1 is 1.14 bits per heavy atom. The molecule has 2 aliphatic rings. The summed E-state index contributed by atoms with van der Waals surface area (Å²) in [6.07, 6.45) is 1.10. The number of imide groups is 2. The van der Waals surface area contributed by atoms with E-state index in [1.165, 1.54) is 6.07 Å². The summed E-state index contributed by atoms with van der Waals surface area (Å²) in [6, 6.07) is 3.57. The van der Waals surface area contributed by atoms with Gasteiger partial charge in [0.15, 0.2) is 6.61 Å². The lowest BCUT2D eigenvalue weighted by atomic mass is 9.94. The Morgan fingerprint density at radius 3 is 2.56 bits per heavy atom. The third-order valence-corrected chi connectivity index (χ3v) is 5.58. The number of carbonyl (C=O) groups excluding carboxylic acids is 6. The number of carbonyl (C=O) groups is 6. The molecule has 1 aromatic carbocycles. The van der Waals surface area contributed by atoms with E-state index in [2.05, 4.69) is 26.0 Å². The molecule has 0 aromatic heterocycles. The average molecular weight is 499 g/mol.